The second-order valence-electron chi connectivity index (χ2n) is 6.77. The molecule has 3 N–H and O–H groups in total. The predicted octanol–water partition coefficient (Wildman–Crippen LogP) is 3.71. The summed E-state index contributed by atoms with van der Waals surface area (Å²) in [4.78, 5) is 7.47. The third-order valence-corrected chi connectivity index (χ3v) is 5.56. The molecule has 0 aliphatic carbocycles. The number of imidazole rings is 1. The average molecular weight is 493 g/mol. The van der Waals surface area contributed by atoms with Crippen LogP contribution in [0, 0.1) is 0 Å². The van der Waals surface area contributed by atoms with E-state index in [2.05, 4.69) is 9.97 Å². The molecule has 0 unspecified atom stereocenters. The van der Waals surface area contributed by atoms with Crippen molar-refractivity contribution in [3.63, 3.8) is 0 Å². The average Bonchev–Trinajstić information content (AvgIpc) is 3.13. The van der Waals surface area contributed by atoms with Crippen molar-refractivity contribution in [2.24, 2.45) is 5.14 Å². The molecule has 0 amide bonds. The van der Waals surface area contributed by atoms with E-state index in [-0.39, 0.29) is 76.4 Å². The van der Waals surface area contributed by atoms with Gasteiger partial charge in [0.05, 0.1) is 21.5 Å². The van der Waals surface area contributed by atoms with Crippen LogP contribution in [0.2, 0.25) is 0 Å². The van der Waals surface area contributed by atoms with Gasteiger partial charge < -0.3 is 9.72 Å². The maximum Gasteiger partial charge on any atom is 0.416 e. The van der Waals surface area contributed by atoms with E-state index in [1.807, 2.05) is 0 Å². The van der Waals surface area contributed by atoms with Crippen LogP contribution in [0.15, 0.2) is 71.6 Å². The number of aromatic amines is 1. The van der Waals surface area contributed by atoms with Gasteiger partial charge in [-0.3, -0.25) is 0 Å². The zero-order chi connectivity index (χ0) is 22.2. The monoisotopic (exact) mass is 493 g/mol. The van der Waals surface area contributed by atoms with Crippen molar-refractivity contribution in [2.75, 3.05) is 0 Å². The standard InChI is InChI=1S/C21H16F3N3O3S.2Na/c22-21(23,24)14-6-8-15(9-7-14)30-12-20-26-17-10-5-13(11-18(17)27-20)16-3-1-2-4-19(16)31(25,28)29;;/h1-11H,12H2,(H,26,27)(H2,25,28,29);;. The molecule has 4 aromatic rings. The SMILES string of the molecule is NS(=O)(=O)c1ccccc1-c1ccc2nc(COc3ccc(C(F)(F)F)cc3)[nH]c2c1.[Na].[Na]. The summed E-state index contributed by atoms with van der Waals surface area (Å²) in [6, 6.07) is 16.0. The Balaban J connectivity index is 0.00000193. The van der Waals surface area contributed by atoms with E-state index in [1.165, 1.54) is 18.2 Å². The molecule has 1 heterocycles. The molecule has 0 aliphatic heterocycles. The number of nitrogens with zero attached hydrogens (tertiary/aromatic N) is 1. The summed E-state index contributed by atoms with van der Waals surface area (Å²) in [5.74, 6) is 0.739. The minimum absolute atomic E-state index is 0. The Morgan fingerprint density at radius 2 is 1.64 bits per heavy atom. The zero-order valence-corrected chi connectivity index (χ0v) is 22.7. The molecular formula is C21H16F3N3Na2O3S. The Kier molecular flexibility index (Phi) is 9.22. The van der Waals surface area contributed by atoms with Crippen LogP contribution in [0.25, 0.3) is 22.2 Å². The zero-order valence-electron chi connectivity index (χ0n) is 17.8. The summed E-state index contributed by atoms with van der Waals surface area (Å²) < 4.78 is 67.2. The summed E-state index contributed by atoms with van der Waals surface area (Å²) in [6.07, 6.45) is -4.41. The van der Waals surface area contributed by atoms with Crippen molar-refractivity contribution < 1.29 is 26.3 Å². The van der Waals surface area contributed by atoms with Gasteiger partial charge in [-0.05, 0) is 48.0 Å². The van der Waals surface area contributed by atoms with E-state index in [9.17, 15) is 21.6 Å². The van der Waals surface area contributed by atoms with Crippen molar-refractivity contribution in [1.82, 2.24) is 9.97 Å². The number of nitrogens with two attached hydrogens (primary N) is 1. The quantitative estimate of drug-likeness (QED) is 0.414. The normalized spacial score (nSPS) is 11.5. The van der Waals surface area contributed by atoms with E-state index < -0.39 is 21.8 Å². The fourth-order valence-electron chi connectivity index (χ4n) is 3.14. The number of aromatic nitrogens is 2. The first kappa shape index (κ1) is 27.9. The van der Waals surface area contributed by atoms with Gasteiger partial charge in [0.2, 0.25) is 10.0 Å². The van der Waals surface area contributed by atoms with Crippen LogP contribution in [-0.2, 0) is 22.8 Å². The van der Waals surface area contributed by atoms with Crippen molar-refractivity contribution in [3.8, 4) is 16.9 Å². The molecule has 0 saturated heterocycles. The summed E-state index contributed by atoms with van der Waals surface area (Å²) in [7, 11) is -3.90. The Morgan fingerprint density at radius 3 is 2.27 bits per heavy atom. The predicted molar refractivity (Wildman–Crippen MR) is 120 cm³/mol. The van der Waals surface area contributed by atoms with Crippen molar-refractivity contribution in [3.05, 3.63) is 78.1 Å². The molecule has 6 nitrogen and oxygen atoms in total. The number of hydrogen-bond donors (Lipinski definition) is 2. The maximum absolute atomic E-state index is 12.6. The van der Waals surface area contributed by atoms with E-state index in [0.29, 0.717) is 28.0 Å². The van der Waals surface area contributed by atoms with Gasteiger partial charge in [-0.1, -0.05) is 24.3 Å². The van der Waals surface area contributed by atoms with Crippen molar-refractivity contribution in [1.29, 1.82) is 0 Å². The number of benzene rings is 3. The molecule has 0 atom stereocenters. The number of rotatable bonds is 5. The molecule has 162 valence electrons. The summed E-state index contributed by atoms with van der Waals surface area (Å²) in [5, 5.41) is 5.31. The molecule has 33 heavy (non-hydrogen) atoms. The fourth-order valence-corrected chi connectivity index (χ4v) is 3.90. The Bertz CT molecular complexity index is 1360. The van der Waals surface area contributed by atoms with Gasteiger partial charge in [0.15, 0.2) is 0 Å². The molecular weight excluding hydrogens is 477 g/mol. The van der Waals surface area contributed by atoms with Crippen LogP contribution in [0.1, 0.15) is 11.4 Å². The van der Waals surface area contributed by atoms with E-state index in [1.54, 1.807) is 36.4 Å². The minimum atomic E-state index is -4.41. The van der Waals surface area contributed by atoms with Gasteiger partial charge in [-0.25, -0.2) is 18.5 Å². The first-order valence-electron chi connectivity index (χ1n) is 9.02. The molecule has 0 saturated carbocycles. The minimum Gasteiger partial charge on any atom is -0.486 e. The molecule has 3 aromatic carbocycles. The molecule has 1 aromatic heterocycles. The Hall–Kier alpha value is -1.37. The summed E-state index contributed by atoms with van der Waals surface area (Å²) in [5.41, 5.74) is 1.62. The topological polar surface area (TPSA) is 98.1 Å². The first-order chi connectivity index (χ1) is 14.6. The number of primary sulfonamides is 1. The van der Waals surface area contributed by atoms with Crippen LogP contribution in [0.3, 0.4) is 0 Å². The molecule has 12 heteroatoms. The van der Waals surface area contributed by atoms with Crippen LogP contribution in [0.4, 0.5) is 13.2 Å². The van der Waals surface area contributed by atoms with Crippen molar-refractivity contribution in [2.45, 2.75) is 17.7 Å². The largest absolute Gasteiger partial charge is 0.486 e. The molecule has 0 fully saturated rings. The molecule has 0 bridgehead atoms. The van der Waals surface area contributed by atoms with Gasteiger partial charge in [0.25, 0.3) is 0 Å². The number of sulfonamides is 1. The van der Waals surface area contributed by atoms with Gasteiger partial charge in [0, 0.05) is 64.7 Å². The molecule has 4 rings (SSSR count). The number of halogens is 3. The van der Waals surface area contributed by atoms with Crippen LogP contribution >= 0.6 is 0 Å². The van der Waals surface area contributed by atoms with E-state index in [4.69, 9.17) is 9.88 Å². The summed E-state index contributed by atoms with van der Waals surface area (Å²) in [6.45, 7) is 0.0170. The third-order valence-electron chi connectivity index (χ3n) is 4.59. The Labute approximate surface area is 232 Å². The van der Waals surface area contributed by atoms with Crippen LogP contribution in [0.5, 0.6) is 5.75 Å². The third kappa shape index (κ3) is 6.61. The molecule has 0 aliphatic rings. The van der Waals surface area contributed by atoms with E-state index in [0.717, 1.165) is 12.1 Å². The number of nitrogens with one attached hydrogen (secondary N) is 1. The second kappa shape index (κ2) is 10.9. The maximum atomic E-state index is 12.6. The van der Waals surface area contributed by atoms with Gasteiger partial charge in [-0.2, -0.15) is 13.2 Å². The number of ether oxygens (including phenoxy) is 1. The molecule has 2 radical (unpaired) electrons. The first-order valence-corrected chi connectivity index (χ1v) is 10.6. The van der Waals surface area contributed by atoms with Crippen molar-refractivity contribution >= 4 is 80.2 Å². The second-order valence-corrected chi connectivity index (χ2v) is 8.30. The fraction of sp³-hybridized carbons (Fsp3) is 0.0952. The van der Waals surface area contributed by atoms with E-state index >= 15 is 0 Å². The number of hydrogen-bond acceptors (Lipinski definition) is 4. The Morgan fingerprint density at radius 1 is 0.970 bits per heavy atom. The molecule has 0 spiro atoms. The number of alkyl halides is 3. The van der Waals surface area contributed by atoms with Crippen LogP contribution in [-0.4, -0.2) is 77.5 Å². The van der Waals surface area contributed by atoms with Gasteiger partial charge in [-0.15, -0.1) is 0 Å². The van der Waals surface area contributed by atoms with Gasteiger partial charge >= 0.3 is 6.18 Å². The number of fused-ring (bicyclic) bond motifs is 1. The smallest absolute Gasteiger partial charge is 0.416 e. The van der Waals surface area contributed by atoms with Crippen LogP contribution < -0.4 is 9.88 Å². The number of H-pyrrole nitrogens is 1. The summed E-state index contributed by atoms with van der Waals surface area (Å²) >= 11 is 0. The van der Waals surface area contributed by atoms with Gasteiger partial charge in [0.1, 0.15) is 18.2 Å².